The fourth-order valence-corrected chi connectivity index (χ4v) is 4.00. The molecule has 2 saturated heterocycles. The van der Waals surface area contributed by atoms with Crippen molar-refractivity contribution in [1.29, 1.82) is 0 Å². The first-order valence-electron chi connectivity index (χ1n) is 5.30. The monoisotopic (exact) mass is 200 g/mol. The van der Waals surface area contributed by atoms with Crippen LogP contribution in [0.3, 0.4) is 0 Å². The molecule has 2 fully saturated rings. The molecule has 0 radical (unpaired) electrons. The van der Waals surface area contributed by atoms with Crippen LogP contribution in [-0.2, 0) is 0 Å². The van der Waals surface area contributed by atoms with Gasteiger partial charge in [-0.25, -0.2) is 0 Å². The minimum absolute atomic E-state index is 0.370. The van der Waals surface area contributed by atoms with Crippen LogP contribution in [0.2, 0.25) is 0 Å². The maximum Gasteiger partial charge on any atom is 0.0429 e. The lowest BCUT2D eigenvalue weighted by Crippen LogP contribution is -2.53. The van der Waals surface area contributed by atoms with Gasteiger partial charge in [0.05, 0.1) is 0 Å². The van der Waals surface area contributed by atoms with Crippen LogP contribution in [-0.4, -0.2) is 41.6 Å². The summed E-state index contributed by atoms with van der Waals surface area (Å²) in [5, 5.41) is 0. The van der Waals surface area contributed by atoms with E-state index < -0.39 is 0 Å². The third kappa shape index (κ3) is 1.74. The maximum absolute atomic E-state index is 5.94. The molecule has 0 bridgehead atoms. The third-order valence-corrected chi connectivity index (χ3v) is 4.79. The lowest BCUT2D eigenvalue weighted by molar-refractivity contribution is 0.145. The second-order valence-electron chi connectivity index (χ2n) is 4.57. The van der Waals surface area contributed by atoms with E-state index in [4.69, 9.17) is 5.73 Å². The predicted molar refractivity (Wildman–Crippen MR) is 59.1 cm³/mol. The normalized spacial score (nSPS) is 41.5. The van der Waals surface area contributed by atoms with Gasteiger partial charge in [0, 0.05) is 24.4 Å². The summed E-state index contributed by atoms with van der Waals surface area (Å²) in [6, 6.07) is 0. The van der Waals surface area contributed by atoms with E-state index in [1.165, 1.54) is 37.4 Å². The molecule has 0 aromatic rings. The van der Waals surface area contributed by atoms with Crippen LogP contribution >= 0.6 is 11.8 Å². The summed E-state index contributed by atoms with van der Waals surface area (Å²) >= 11 is 2.07. The topological polar surface area (TPSA) is 29.3 Å². The molecule has 2 unspecified atom stereocenters. The van der Waals surface area contributed by atoms with Crippen LogP contribution < -0.4 is 5.73 Å². The standard InChI is InChI=1S/C10H20N2S/c1-9-2-4-12(6-9)10(7-11)3-5-13-8-10/h9H,2-8,11H2,1H3. The van der Waals surface area contributed by atoms with Gasteiger partial charge in [-0.3, -0.25) is 4.90 Å². The Balaban J connectivity index is 2.03. The van der Waals surface area contributed by atoms with E-state index in [9.17, 15) is 0 Å². The molecular weight excluding hydrogens is 180 g/mol. The van der Waals surface area contributed by atoms with Crippen LogP contribution in [0.25, 0.3) is 0 Å². The summed E-state index contributed by atoms with van der Waals surface area (Å²) in [7, 11) is 0. The fraction of sp³-hybridized carbons (Fsp3) is 1.00. The number of likely N-dealkylation sites (tertiary alicyclic amines) is 1. The van der Waals surface area contributed by atoms with E-state index in [0.717, 1.165) is 12.5 Å². The first kappa shape index (κ1) is 9.81. The van der Waals surface area contributed by atoms with E-state index in [2.05, 4.69) is 23.6 Å². The molecule has 76 valence electrons. The highest BCUT2D eigenvalue weighted by atomic mass is 32.2. The molecule has 2 N–H and O–H groups in total. The van der Waals surface area contributed by atoms with E-state index in [1.54, 1.807) is 0 Å². The van der Waals surface area contributed by atoms with E-state index in [1.807, 2.05) is 0 Å². The van der Waals surface area contributed by atoms with E-state index in [0.29, 0.717) is 5.54 Å². The quantitative estimate of drug-likeness (QED) is 0.725. The summed E-state index contributed by atoms with van der Waals surface area (Å²) in [5.41, 5.74) is 6.31. The summed E-state index contributed by atoms with van der Waals surface area (Å²) < 4.78 is 0. The van der Waals surface area contributed by atoms with Crippen molar-refractivity contribution in [1.82, 2.24) is 4.90 Å². The predicted octanol–water partition coefficient (Wildman–Crippen LogP) is 1.16. The molecule has 0 aliphatic carbocycles. The van der Waals surface area contributed by atoms with Gasteiger partial charge in [0.15, 0.2) is 0 Å². The van der Waals surface area contributed by atoms with Gasteiger partial charge in [-0.15, -0.1) is 0 Å². The zero-order valence-corrected chi connectivity index (χ0v) is 9.28. The third-order valence-electron chi connectivity index (χ3n) is 3.56. The summed E-state index contributed by atoms with van der Waals surface area (Å²) in [4.78, 5) is 2.65. The van der Waals surface area contributed by atoms with Crippen LogP contribution in [0.15, 0.2) is 0 Å². The molecule has 3 heteroatoms. The molecule has 13 heavy (non-hydrogen) atoms. The van der Waals surface area contributed by atoms with Crippen molar-refractivity contribution < 1.29 is 0 Å². The molecule has 0 amide bonds. The van der Waals surface area contributed by atoms with Gasteiger partial charge < -0.3 is 5.73 Å². The van der Waals surface area contributed by atoms with Crippen LogP contribution in [0.1, 0.15) is 19.8 Å². The SMILES string of the molecule is CC1CCN(C2(CN)CCSC2)C1. The van der Waals surface area contributed by atoms with Gasteiger partial charge >= 0.3 is 0 Å². The molecule has 2 rings (SSSR count). The average molecular weight is 200 g/mol. The van der Waals surface area contributed by atoms with Gasteiger partial charge in [0.25, 0.3) is 0 Å². The molecule has 0 spiro atoms. The Hall–Kier alpha value is 0.270. The minimum atomic E-state index is 0.370. The Kier molecular flexibility index (Phi) is 2.86. The highest BCUT2D eigenvalue weighted by Crippen LogP contribution is 2.35. The Labute approximate surface area is 85.2 Å². The lowest BCUT2D eigenvalue weighted by Gasteiger charge is -2.37. The molecule has 0 aromatic heterocycles. The maximum atomic E-state index is 5.94. The smallest absolute Gasteiger partial charge is 0.0429 e. The van der Waals surface area contributed by atoms with Crippen molar-refractivity contribution in [3.63, 3.8) is 0 Å². The first-order chi connectivity index (χ1) is 6.27. The van der Waals surface area contributed by atoms with Gasteiger partial charge in [-0.1, -0.05) is 6.92 Å². The molecule has 2 heterocycles. The molecule has 0 aromatic carbocycles. The highest BCUT2D eigenvalue weighted by Gasteiger charge is 2.41. The molecule has 2 atom stereocenters. The lowest BCUT2D eigenvalue weighted by atomic mass is 9.97. The summed E-state index contributed by atoms with van der Waals surface area (Å²) in [6.45, 7) is 5.76. The number of hydrogen-bond acceptors (Lipinski definition) is 3. The Morgan fingerprint density at radius 1 is 1.62 bits per heavy atom. The van der Waals surface area contributed by atoms with Crippen molar-refractivity contribution in [3.8, 4) is 0 Å². The number of thioether (sulfide) groups is 1. The summed E-state index contributed by atoms with van der Waals surface area (Å²) in [6.07, 6.45) is 2.67. The zero-order valence-electron chi connectivity index (χ0n) is 8.46. The average Bonchev–Trinajstić information content (AvgIpc) is 2.73. The van der Waals surface area contributed by atoms with Crippen molar-refractivity contribution in [2.45, 2.75) is 25.3 Å². The minimum Gasteiger partial charge on any atom is -0.329 e. The Bertz CT molecular complexity index is 178. The molecular formula is C10H20N2S. The van der Waals surface area contributed by atoms with Gasteiger partial charge in [-0.2, -0.15) is 11.8 Å². The van der Waals surface area contributed by atoms with Crippen molar-refractivity contribution in [2.75, 3.05) is 31.1 Å². The van der Waals surface area contributed by atoms with Crippen LogP contribution in [0, 0.1) is 5.92 Å². The molecule has 2 aliphatic heterocycles. The Morgan fingerprint density at radius 3 is 2.92 bits per heavy atom. The fourth-order valence-electron chi connectivity index (χ4n) is 2.50. The van der Waals surface area contributed by atoms with E-state index >= 15 is 0 Å². The molecule has 0 saturated carbocycles. The van der Waals surface area contributed by atoms with Crippen LogP contribution in [0.4, 0.5) is 0 Å². The number of hydrogen-bond donors (Lipinski definition) is 1. The van der Waals surface area contributed by atoms with Gasteiger partial charge in [-0.05, 0) is 31.1 Å². The van der Waals surface area contributed by atoms with Gasteiger partial charge in [0.1, 0.15) is 0 Å². The van der Waals surface area contributed by atoms with Crippen molar-refractivity contribution in [3.05, 3.63) is 0 Å². The van der Waals surface area contributed by atoms with Crippen LogP contribution in [0.5, 0.6) is 0 Å². The molecule has 2 nitrogen and oxygen atoms in total. The highest BCUT2D eigenvalue weighted by molar-refractivity contribution is 7.99. The number of nitrogens with two attached hydrogens (primary N) is 1. The summed E-state index contributed by atoms with van der Waals surface area (Å²) in [5.74, 6) is 3.45. The van der Waals surface area contributed by atoms with Crippen molar-refractivity contribution in [2.24, 2.45) is 11.7 Å². The zero-order chi connectivity index (χ0) is 9.31. The van der Waals surface area contributed by atoms with Crippen molar-refractivity contribution >= 4 is 11.8 Å². The second-order valence-corrected chi connectivity index (χ2v) is 5.68. The van der Waals surface area contributed by atoms with E-state index in [-0.39, 0.29) is 0 Å². The largest absolute Gasteiger partial charge is 0.329 e. The first-order valence-corrected chi connectivity index (χ1v) is 6.45. The molecule has 2 aliphatic rings. The van der Waals surface area contributed by atoms with Gasteiger partial charge in [0.2, 0.25) is 0 Å². The second kappa shape index (κ2) is 3.79. The number of rotatable bonds is 2. The number of nitrogens with zero attached hydrogens (tertiary/aromatic N) is 1. The Morgan fingerprint density at radius 2 is 2.46 bits per heavy atom.